The lowest BCUT2D eigenvalue weighted by atomic mass is 10.1. The number of carboxylic acid groups (broad SMARTS) is 2. The van der Waals surface area contributed by atoms with Crippen LogP contribution < -0.4 is 26.9 Å². The van der Waals surface area contributed by atoms with Crippen LogP contribution in [0.5, 0.6) is 11.5 Å². The SMILES string of the molecule is COc1ccc(OC)c2c(SC(CC(=O)O)C(=O)O)cc(C)[nH+]c12.[Cl-]. The van der Waals surface area contributed by atoms with Gasteiger partial charge in [0, 0.05) is 17.9 Å². The van der Waals surface area contributed by atoms with Crippen molar-refractivity contribution in [1.82, 2.24) is 0 Å². The van der Waals surface area contributed by atoms with Crippen molar-refractivity contribution < 1.29 is 46.7 Å². The highest BCUT2D eigenvalue weighted by atomic mass is 35.5. The number of carboxylic acids is 2. The van der Waals surface area contributed by atoms with Crippen LogP contribution in [-0.4, -0.2) is 41.6 Å². The average molecular weight is 388 g/mol. The highest BCUT2D eigenvalue weighted by molar-refractivity contribution is 8.00. The smallest absolute Gasteiger partial charge is 0.317 e. The molecule has 0 bridgehead atoms. The first-order valence-electron chi connectivity index (χ1n) is 7.06. The van der Waals surface area contributed by atoms with E-state index < -0.39 is 23.6 Å². The molecule has 0 saturated heterocycles. The van der Waals surface area contributed by atoms with E-state index >= 15 is 0 Å². The minimum absolute atomic E-state index is 0. The first-order valence-corrected chi connectivity index (χ1v) is 7.94. The fraction of sp³-hybridized carbons (Fsp3) is 0.312. The Morgan fingerprint density at radius 3 is 2.32 bits per heavy atom. The minimum atomic E-state index is -1.18. The quantitative estimate of drug-likeness (QED) is 0.587. The number of ether oxygens (including phenoxy) is 2. The molecule has 0 aliphatic rings. The number of aromatic amines is 1. The molecule has 0 amide bonds. The fourth-order valence-corrected chi connectivity index (χ4v) is 3.56. The summed E-state index contributed by atoms with van der Waals surface area (Å²) in [6.45, 7) is 1.83. The molecule has 1 heterocycles. The number of carbonyl (C=O) groups is 2. The standard InChI is InChI=1S/C16H17NO6S.ClH/c1-8-6-11(24-12(16(20)21)7-13(18)19)14-9(22-2)4-5-10(23-3)15(14)17-8;/h4-6,12H,7H2,1-3H3,(H,18,19)(H,20,21);1H. The molecule has 0 radical (unpaired) electrons. The van der Waals surface area contributed by atoms with Crippen molar-refractivity contribution in [1.29, 1.82) is 0 Å². The number of thioether (sulfide) groups is 1. The van der Waals surface area contributed by atoms with E-state index in [1.165, 1.54) is 14.2 Å². The van der Waals surface area contributed by atoms with Gasteiger partial charge in [-0.25, -0.2) is 4.98 Å². The molecule has 1 aromatic heterocycles. The topological polar surface area (TPSA) is 107 Å². The van der Waals surface area contributed by atoms with Crippen molar-refractivity contribution in [3.8, 4) is 11.5 Å². The van der Waals surface area contributed by atoms with Gasteiger partial charge in [-0.1, -0.05) is 0 Å². The van der Waals surface area contributed by atoms with Crippen LogP contribution in [0.3, 0.4) is 0 Å². The molecule has 0 fully saturated rings. The van der Waals surface area contributed by atoms with Crippen LogP contribution in [0.4, 0.5) is 0 Å². The van der Waals surface area contributed by atoms with Crippen molar-refractivity contribution in [2.75, 3.05) is 14.2 Å². The maximum Gasteiger partial charge on any atom is 0.317 e. The zero-order valence-corrected chi connectivity index (χ0v) is 15.4. The number of aliphatic carboxylic acids is 2. The molecule has 1 unspecified atom stereocenters. The average Bonchev–Trinajstić information content (AvgIpc) is 2.52. The molecule has 2 rings (SSSR count). The van der Waals surface area contributed by atoms with Crippen LogP contribution in [0, 0.1) is 6.92 Å². The number of H-pyrrole nitrogens is 1. The predicted molar refractivity (Wildman–Crippen MR) is 87.9 cm³/mol. The van der Waals surface area contributed by atoms with E-state index in [-0.39, 0.29) is 12.4 Å². The summed E-state index contributed by atoms with van der Waals surface area (Å²) in [6, 6.07) is 5.24. The van der Waals surface area contributed by atoms with Crippen LogP contribution in [0.15, 0.2) is 23.1 Å². The van der Waals surface area contributed by atoms with Gasteiger partial charge in [0.15, 0.2) is 11.4 Å². The van der Waals surface area contributed by atoms with Gasteiger partial charge in [-0.05, 0) is 12.1 Å². The summed E-state index contributed by atoms with van der Waals surface area (Å²) < 4.78 is 10.7. The van der Waals surface area contributed by atoms with Gasteiger partial charge in [0.05, 0.1) is 20.6 Å². The summed E-state index contributed by atoms with van der Waals surface area (Å²) in [5, 5.41) is 17.8. The zero-order valence-electron chi connectivity index (χ0n) is 13.8. The molecule has 2 aromatic rings. The maximum atomic E-state index is 11.4. The van der Waals surface area contributed by atoms with Crippen molar-refractivity contribution in [3.63, 3.8) is 0 Å². The number of rotatable bonds is 7. The van der Waals surface area contributed by atoms with Crippen LogP contribution in [0.2, 0.25) is 0 Å². The monoisotopic (exact) mass is 387 g/mol. The number of halogens is 1. The number of nitrogens with one attached hydrogen (secondary N) is 1. The third kappa shape index (κ3) is 4.67. The van der Waals surface area contributed by atoms with Crippen molar-refractivity contribution in [2.24, 2.45) is 0 Å². The Hall–Kier alpha value is -2.19. The third-order valence-electron chi connectivity index (χ3n) is 3.39. The Labute approximate surface area is 154 Å². The van der Waals surface area contributed by atoms with E-state index in [1.54, 1.807) is 18.2 Å². The number of methoxy groups -OCH3 is 2. The predicted octanol–water partition coefficient (Wildman–Crippen LogP) is -0.996. The van der Waals surface area contributed by atoms with E-state index in [0.717, 1.165) is 17.5 Å². The molecule has 0 aliphatic heterocycles. The highest BCUT2D eigenvalue weighted by Gasteiger charge is 2.26. The summed E-state index contributed by atoms with van der Waals surface area (Å²) in [5.74, 6) is -1.21. The van der Waals surface area contributed by atoms with Gasteiger partial charge >= 0.3 is 11.9 Å². The Balaban J connectivity index is 0.00000312. The molecule has 1 atom stereocenters. The van der Waals surface area contributed by atoms with E-state index in [1.807, 2.05) is 6.92 Å². The normalized spacial score (nSPS) is 11.5. The van der Waals surface area contributed by atoms with Crippen molar-refractivity contribution >= 4 is 34.6 Å². The molecule has 0 aliphatic carbocycles. The van der Waals surface area contributed by atoms with Crippen LogP contribution >= 0.6 is 11.8 Å². The molecular weight excluding hydrogens is 370 g/mol. The summed E-state index contributed by atoms with van der Waals surface area (Å²) in [7, 11) is 3.05. The van der Waals surface area contributed by atoms with Gasteiger partial charge in [0.1, 0.15) is 16.4 Å². The Kier molecular flexibility index (Phi) is 7.32. The van der Waals surface area contributed by atoms with Gasteiger partial charge in [-0.3, -0.25) is 9.59 Å². The van der Waals surface area contributed by atoms with Gasteiger partial charge in [-0.15, -0.1) is 11.8 Å². The lowest BCUT2D eigenvalue weighted by molar-refractivity contribution is -0.355. The second-order valence-electron chi connectivity index (χ2n) is 5.08. The van der Waals surface area contributed by atoms with Gasteiger partial charge in [-0.2, -0.15) is 0 Å². The lowest BCUT2D eigenvalue weighted by Gasteiger charge is -2.13. The minimum Gasteiger partial charge on any atom is -1.00 e. The number of pyridine rings is 1. The number of fused-ring (bicyclic) bond motifs is 1. The second kappa shape index (κ2) is 8.77. The number of benzene rings is 1. The van der Waals surface area contributed by atoms with Crippen LogP contribution in [-0.2, 0) is 9.59 Å². The first kappa shape index (κ1) is 20.9. The Morgan fingerprint density at radius 2 is 1.80 bits per heavy atom. The molecule has 0 spiro atoms. The summed E-state index contributed by atoms with van der Waals surface area (Å²) in [4.78, 5) is 26.1. The molecule has 9 heteroatoms. The largest absolute Gasteiger partial charge is 1.00 e. The maximum absolute atomic E-state index is 11.4. The molecule has 136 valence electrons. The fourth-order valence-electron chi connectivity index (χ4n) is 2.36. The van der Waals surface area contributed by atoms with Crippen LogP contribution in [0.25, 0.3) is 10.9 Å². The number of hydrogen-bond acceptors (Lipinski definition) is 5. The summed E-state index contributed by atoms with van der Waals surface area (Å²) in [5.41, 5.74) is 1.45. The molecule has 3 N–H and O–H groups in total. The Bertz CT molecular complexity index is 798. The highest BCUT2D eigenvalue weighted by Crippen LogP contribution is 2.39. The molecule has 25 heavy (non-hydrogen) atoms. The molecule has 1 aromatic carbocycles. The van der Waals surface area contributed by atoms with Crippen LogP contribution in [0.1, 0.15) is 12.1 Å². The second-order valence-corrected chi connectivity index (χ2v) is 6.32. The molecule has 0 saturated carbocycles. The zero-order chi connectivity index (χ0) is 17.9. The van der Waals surface area contributed by atoms with Gasteiger partial charge in [0.25, 0.3) is 5.52 Å². The Morgan fingerprint density at radius 1 is 1.20 bits per heavy atom. The van der Waals surface area contributed by atoms with E-state index in [9.17, 15) is 14.7 Å². The third-order valence-corrected chi connectivity index (χ3v) is 4.62. The van der Waals surface area contributed by atoms with Crippen molar-refractivity contribution in [2.45, 2.75) is 23.5 Å². The van der Waals surface area contributed by atoms with E-state index in [0.29, 0.717) is 27.3 Å². The molecular formula is C16H18ClNO6S. The number of aryl methyl sites for hydroxylation is 1. The summed E-state index contributed by atoms with van der Waals surface area (Å²) >= 11 is 0.982. The lowest BCUT2D eigenvalue weighted by Crippen LogP contribution is -3.00. The van der Waals surface area contributed by atoms with Gasteiger partial charge < -0.3 is 32.1 Å². The van der Waals surface area contributed by atoms with E-state index in [2.05, 4.69) is 4.98 Å². The number of aromatic nitrogens is 1. The van der Waals surface area contributed by atoms with Gasteiger partial charge in [0.2, 0.25) is 0 Å². The molecule has 7 nitrogen and oxygen atoms in total. The van der Waals surface area contributed by atoms with Crippen molar-refractivity contribution in [3.05, 3.63) is 23.9 Å². The number of hydrogen-bond donors (Lipinski definition) is 2. The van der Waals surface area contributed by atoms with E-state index in [4.69, 9.17) is 14.6 Å². The first-order chi connectivity index (χ1) is 11.4. The summed E-state index contributed by atoms with van der Waals surface area (Å²) in [6.07, 6.45) is -0.481.